The van der Waals surface area contributed by atoms with Crippen molar-refractivity contribution in [3.8, 4) is 11.4 Å². The van der Waals surface area contributed by atoms with E-state index in [0.717, 1.165) is 43.2 Å². The average Bonchev–Trinajstić information content (AvgIpc) is 2.53. The van der Waals surface area contributed by atoms with Gasteiger partial charge in [0.15, 0.2) is 5.82 Å². The first kappa shape index (κ1) is 13.1. The second-order valence-corrected chi connectivity index (χ2v) is 4.83. The lowest BCUT2D eigenvalue weighted by Gasteiger charge is -2.27. The molecule has 0 atom stereocenters. The number of ether oxygens (including phenoxy) is 1. The van der Waals surface area contributed by atoms with Crippen LogP contribution < -0.4 is 0 Å². The lowest BCUT2D eigenvalue weighted by Crippen LogP contribution is -2.33. The largest absolute Gasteiger partial charge is 0.366 e. The quantitative estimate of drug-likeness (QED) is 0.849. The Balaban J connectivity index is 1.82. The topological polar surface area (TPSA) is 51.1 Å². The summed E-state index contributed by atoms with van der Waals surface area (Å²) in [4.78, 5) is 15.5. The molecule has 1 aliphatic heterocycles. The molecule has 0 saturated carbocycles. The number of pyridine rings is 1. The Morgan fingerprint density at radius 3 is 2.95 bits per heavy atom. The summed E-state index contributed by atoms with van der Waals surface area (Å²) in [6.45, 7) is 5.27. The van der Waals surface area contributed by atoms with Crippen molar-refractivity contribution < 1.29 is 4.74 Å². The van der Waals surface area contributed by atoms with Crippen molar-refractivity contribution >= 4 is 0 Å². The summed E-state index contributed by atoms with van der Waals surface area (Å²) in [5, 5.41) is 0. The van der Waals surface area contributed by atoms with E-state index in [1.54, 1.807) is 12.4 Å². The maximum atomic E-state index is 5.48. The lowest BCUT2D eigenvalue weighted by molar-refractivity contribution is 0.0270. The summed E-state index contributed by atoms with van der Waals surface area (Å²) in [7, 11) is 0. The SMILES string of the molecule is CCOCN1CCc2cnc(-c3ccncc3)nc2C1. The molecule has 5 nitrogen and oxygen atoms in total. The van der Waals surface area contributed by atoms with Crippen molar-refractivity contribution in [2.45, 2.75) is 19.9 Å². The fourth-order valence-corrected chi connectivity index (χ4v) is 2.33. The van der Waals surface area contributed by atoms with E-state index < -0.39 is 0 Å². The number of aromatic nitrogens is 3. The zero-order chi connectivity index (χ0) is 13.8. The van der Waals surface area contributed by atoms with Gasteiger partial charge in [0.2, 0.25) is 0 Å². The number of hydrogen-bond donors (Lipinski definition) is 0. The summed E-state index contributed by atoms with van der Waals surface area (Å²) in [6.07, 6.45) is 6.47. The van der Waals surface area contributed by atoms with Gasteiger partial charge in [0.1, 0.15) is 0 Å². The van der Waals surface area contributed by atoms with Gasteiger partial charge in [-0.05, 0) is 31.0 Å². The van der Waals surface area contributed by atoms with Gasteiger partial charge in [-0.25, -0.2) is 9.97 Å². The zero-order valence-electron chi connectivity index (χ0n) is 11.6. The molecule has 1 aliphatic rings. The molecule has 2 aromatic rings. The molecule has 0 aliphatic carbocycles. The van der Waals surface area contributed by atoms with E-state index in [1.807, 2.05) is 25.3 Å². The Morgan fingerprint density at radius 2 is 2.15 bits per heavy atom. The van der Waals surface area contributed by atoms with Crippen LogP contribution in [0.1, 0.15) is 18.2 Å². The third-order valence-corrected chi connectivity index (χ3v) is 3.44. The average molecular weight is 270 g/mol. The van der Waals surface area contributed by atoms with Gasteiger partial charge in [0.05, 0.1) is 12.4 Å². The van der Waals surface area contributed by atoms with Crippen molar-refractivity contribution in [1.29, 1.82) is 0 Å². The van der Waals surface area contributed by atoms with Crippen LogP contribution in [-0.2, 0) is 17.7 Å². The van der Waals surface area contributed by atoms with E-state index >= 15 is 0 Å². The van der Waals surface area contributed by atoms with E-state index in [4.69, 9.17) is 9.72 Å². The van der Waals surface area contributed by atoms with Crippen LogP contribution in [0.2, 0.25) is 0 Å². The molecular weight excluding hydrogens is 252 g/mol. The Hall–Kier alpha value is -1.85. The first-order chi connectivity index (χ1) is 9.86. The molecular formula is C15H18N4O. The van der Waals surface area contributed by atoms with Crippen molar-refractivity contribution in [3.05, 3.63) is 42.0 Å². The summed E-state index contributed by atoms with van der Waals surface area (Å²) < 4.78 is 5.48. The summed E-state index contributed by atoms with van der Waals surface area (Å²) in [5.41, 5.74) is 3.36. The van der Waals surface area contributed by atoms with Crippen LogP contribution in [-0.4, -0.2) is 39.7 Å². The van der Waals surface area contributed by atoms with E-state index in [-0.39, 0.29) is 0 Å². The maximum absolute atomic E-state index is 5.48. The Kier molecular flexibility index (Phi) is 3.99. The van der Waals surface area contributed by atoms with Crippen LogP contribution in [0.5, 0.6) is 0 Å². The first-order valence-electron chi connectivity index (χ1n) is 6.92. The van der Waals surface area contributed by atoms with Crippen molar-refractivity contribution in [1.82, 2.24) is 19.9 Å². The molecule has 0 bridgehead atoms. The molecule has 0 saturated heterocycles. The van der Waals surface area contributed by atoms with Crippen molar-refractivity contribution in [3.63, 3.8) is 0 Å². The molecule has 2 aromatic heterocycles. The van der Waals surface area contributed by atoms with Crippen LogP contribution in [0.4, 0.5) is 0 Å². The molecule has 3 rings (SSSR count). The molecule has 0 fully saturated rings. The highest BCUT2D eigenvalue weighted by Crippen LogP contribution is 2.20. The highest BCUT2D eigenvalue weighted by atomic mass is 16.5. The standard InChI is InChI=1S/C15H18N4O/c1-2-20-11-19-8-5-13-9-17-15(18-14(13)10-19)12-3-6-16-7-4-12/h3-4,6-7,9H,2,5,8,10-11H2,1H3. The molecule has 0 unspecified atom stereocenters. The highest BCUT2D eigenvalue weighted by Gasteiger charge is 2.18. The van der Waals surface area contributed by atoms with Gasteiger partial charge in [0.25, 0.3) is 0 Å². The van der Waals surface area contributed by atoms with Gasteiger partial charge in [-0.1, -0.05) is 0 Å². The molecule has 0 aromatic carbocycles. The lowest BCUT2D eigenvalue weighted by atomic mass is 10.1. The van der Waals surface area contributed by atoms with Gasteiger partial charge in [-0.3, -0.25) is 9.88 Å². The minimum absolute atomic E-state index is 0.671. The number of fused-ring (bicyclic) bond motifs is 1. The van der Waals surface area contributed by atoms with Crippen molar-refractivity contribution in [2.24, 2.45) is 0 Å². The maximum Gasteiger partial charge on any atom is 0.159 e. The van der Waals surface area contributed by atoms with Crippen LogP contribution in [0.15, 0.2) is 30.7 Å². The third kappa shape index (κ3) is 2.84. The Bertz CT molecular complexity index is 573. The fourth-order valence-electron chi connectivity index (χ4n) is 2.33. The molecule has 0 spiro atoms. The van der Waals surface area contributed by atoms with Gasteiger partial charge in [-0.2, -0.15) is 0 Å². The van der Waals surface area contributed by atoms with E-state index in [2.05, 4.69) is 14.9 Å². The number of nitrogens with zero attached hydrogens (tertiary/aromatic N) is 4. The normalized spacial score (nSPS) is 15.1. The smallest absolute Gasteiger partial charge is 0.159 e. The zero-order valence-corrected chi connectivity index (χ0v) is 11.6. The Morgan fingerprint density at radius 1 is 1.30 bits per heavy atom. The van der Waals surface area contributed by atoms with E-state index in [0.29, 0.717) is 6.73 Å². The minimum Gasteiger partial charge on any atom is -0.366 e. The molecule has 5 heteroatoms. The Labute approximate surface area is 118 Å². The fraction of sp³-hybridized carbons (Fsp3) is 0.400. The van der Waals surface area contributed by atoms with E-state index in [1.165, 1.54) is 5.56 Å². The van der Waals surface area contributed by atoms with Crippen molar-refractivity contribution in [2.75, 3.05) is 19.9 Å². The van der Waals surface area contributed by atoms with Gasteiger partial charge >= 0.3 is 0 Å². The van der Waals surface area contributed by atoms with E-state index in [9.17, 15) is 0 Å². The van der Waals surface area contributed by atoms with Crippen LogP contribution in [0.3, 0.4) is 0 Å². The molecule has 0 radical (unpaired) electrons. The second kappa shape index (κ2) is 6.07. The third-order valence-electron chi connectivity index (χ3n) is 3.44. The first-order valence-corrected chi connectivity index (χ1v) is 6.92. The molecule has 0 N–H and O–H groups in total. The van der Waals surface area contributed by atoms with Crippen LogP contribution >= 0.6 is 0 Å². The van der Waals surface area contributed by atoms with Gasteiger partial charge in [0, 0.05) is 43.9 Å². The minimum atomic E-state index is 0.671. The van der Waals surface area contributed by atoms with Crippen LogP contribution in [0, 0.1) is 0 Å². The molecule has 3 heterocycles. The summed E-state index contributed by atoms with van der Waals surface area (Å²) in [6, 6.07) is 3.87. The summed E-state index contributed by atoms with van der Waals surface area (Å²) >= 11 is 0. The van der Waals surface area contributed by atoms with Gasteiger partial charge in [-0.15, -0.1) is 0 Å². The number of rotatable bonds is 4. The summed E-state index contributed by atoms with van der Waals surface area (Å²) in [5.74, 6) is 0.768. The second-order valence-electron chi connectivity index (χ2n) is 4.83. The molecule has 20 heavy (non-hydrogen) atoms. The monoisotopic (exact) mass is 270 g/mol. The highest BCUT2D eigenvalue weighted by molar-refractivity contribution is 5.53. The predicted molar refractivity (Wildman–Crippen MR) is 75.9 cm³/mol. The molecule has 0 amide bonds. The number of hydrogen-bond acceptors (Lipinski definition) is 5. The molecule has 104 valence electrons. The predicted octanol–water partition coefficient (Wildman–Crippen LogP) is 1.89. The van der Waals surface area contributed by atoms with Crippen LogP contribution in [0.25, 0.3) is 11.4 Å². The van der Waals surface area contributed by atoms with Gasteiger partial charge < -0.3 is 4.74 Å².